The second kappa shape index (κ2) is 9.25. The summed E-state index contributed by atoms with van der Waals surface area (Å²) in [5.41, 5.74) is 1.01. The zero-order chi connectivity index (χ0) is 16.5. The van der Waals surface area contributed by atoms with Gasteiger partial charge < -0.3 is 10.1 Å². The van der Waals surface area contributed by atoms with Crippen LogP contribution < -0.4 is 5.32 Å². The monoisotopic (exact) mass is 323 g/mol. The molecule has 1 amide bonds. The molecule has 0 aromatic heterocycles. The SMILES string of the molecule is COC(=O)[C@H](C)NC(=O)[C@H](CSC(C)=O)Cc1ccccc1. The van der Waals surface area contributed by atoms with Gasteiger partial charge in [-0.2, -0.15) is 0 Å². The van der Waals surface area contributed by atoms with Crippen molar-refractivity contribution in [3.05, 3.63) is 35.9 Å². The van der Waals surface area contributed by atoms with E-state index in [1.54, 1.807) is 6.92 Å². The summed E-state index contributed by atoms with van der Waals surface area (Å²) in [5, 5.41) is 2.60. The van der Waals surface area contributed by atoms with Crippen molar-refractivity contribution < 1.29 is 19.1 Å². The number of nitrogens with one attached hydrogen (secondary N) is 1. The number of carbonyl (C=O) groups excluding carboxylic acids is 3. The quantitative estimate of drug-likeness (QED) is 0.775. The fourth-order valence-corrected chi connectivity index (χ4v) is 2.62. The molecule has 22 heavy (non-hydrogen) atoms. The van der Waals surface area contributed by atoms with Crippen molar-refractivity contribution in [2.24, 2.45) is 5.92 Å². The fraction of sp³-hybridized carbons (Fsp3) is 0.438. The molecule has 6 heteroatoms. The zero-order valence-electron chi connectivity index (χ0n) is 13.0. The third-order valence-electron chi connectivity index (χ3n) is 3.10. The van der Waals surface area contributed by atoms with Gasteiger partial charge >= 0.3 is 5.97 Å². The van der Waals surface area contributed by atoms with Gasteiger partial charge in [0.05, 0.1) is 13.0 Å². The molecule has 0 saturated heterocycles. The number of hydrogen-bond acceptors (Lipinski definition) is 5. The van der Waals surface area contributed by atoms with Crippen LogP contribution in [0.1, 0.15) is 19.4 Å². The molecular weight excluding hydrogens is 302 g/mol. The van der Waals surface area contributed by atoms with Crippen molar-refractivity contribution in [3.8, 4) is 0 Å². The highest BCUT2D eigenvalue weighted by atomic mass is 32.2. The maximum atomic E-state index is 12.3. The molecule has 0 unspecified atom stereocenters. The highest BCUT2D eigenvalue weighted by molar-refractivity contribution is 8.13. The van der Waals surface area contributed by atoms with Crippen LogP contribution in [0.15, 0.2) is 30.3 Å². The van der Waals surface area contributed by atoms with E-state index in [-0.39, 0.29) is 16.9 Å². The van der Waals surface area contributed by atoms with Crippen molar-refractivity contribution in [1.29, 1.82) is 0 Å². The van der Waals surface area contributed by atoms with Crippen LogP contribution in [0.2, 0.25) is 0 Å². The summed E-state index contributed by atoms with van der Waals surface area (Å²) in [6.07, 6.45) is 0.515. The lowest BCUT2D eigenvalue weighted by molar-refractivity contribution is -0.144. The number of ether oxygens (including phenoxy) is 1. The predicted molar refractivity (Wildman–Crippen MR) is 86.4 cm³/mol. The molecule has 1 aromatic carbocycles. The summed E-state index contributed by atoms with van der Waals surface area (Å²) >= 11 is 1.11. The van der Waals surface area contributed by atoms with Crippen LogP contribution in [-0.2, 0) is 25.5 Å². The highest BCUT2D eigenvalue weighted by Crippen LogP contribution is 2.16. The number of amides is 1. The lowest BCUT2D eigenvalue weighted by Gasteiger charge is -2.18. The van der Waals surface area contributed by atoms with Gasteiger partial charge in [0.1, 0.15) is 6.04 Å². The van der Waals surface area contributed by atoms with Crippen LogP contribution >= 0.6 is 11.8 Å². The van der Waals surface area contributed by atoms with Gasteiger partial charge in [-0.15, -0.1) is 0 Å². The molecule has 5 nitrogen and oxygen atoms in total. The van der Waals surface area contributed by atoms with Crippen LogP contribution in [-0.4, -0.2) is 35.9 Å². The maximum absolute atomic E-state index is 12.3. The maximum Gasteiger partial charge on any atom is 0.328 e. The summed E-state index contributed by atoms with van der Waals surface area (Å²) in [5.74, 6) is -0.755. The average molecular weight is 323 g/mol. The molecular formula is C16H21NO4S. The Balaban J connectivity index is 2.73. The molecule has 0 aliphatic heterocycles. The molecule has 0 heterocycles. The summed E-state index contributed by atoms with van der Waals surface area (Å²) < 4.78 is 4.60. The lowest BCUT2D eigenvalue weighted by Crippen LogP contribution is -2.43. The molecule has 0 fully saturated rings. The Morgan fingerprint density at radius 3 is 2.41 bits per heavy atom. The van der Waals surface area contributed by atoms with E-state index in [1.807, 2.05) is 30.3 Å². The Hall–Kier alpha value is -1.82. The molecule has 0 bridgehead atoms. The predicted octanol–water partition coefficient (Wildman–Crippen LogP) is 1.80. The first-order valence-electron chi connectivity index (χ1n) is 6.99. The Morgan fingerprint density at radius 1 is 1.23 bits per heavy atom. The molecule has 0 saturated carbocycles. The summed E-state index contributed by atoms with van der Waals surface area (Å²) in [6, 6.07) is 8.87. The number of methoxy groups -OCH3 is 1. The smallest absolute Gasteiger partial charge is 0.328 e. The second-order valence-electron chi connectivity index (χ2n) is 4.94. The van der Waals surface area contributed by atoms with Crippen molar-refractivity contribution in [1.82, 2.24) is 5.32 Å². The molecule has 120 valence electrons. The number of benzene rings is 1. The van der Waals surface area contributed by atoms with Crippen LogP contribution in [0.4, 0.5) is 0 Å². The van der Waals surface area contributed by atoms with Gasteiger partial charge in [0, 0.05) is 12.7 Å². The van der Waals surface area contributed by atoms with E-state index in [4.69, 9.17) is 0 Å². The van der Waals surface area contributed by atoms with Gasteiger partial charge in [-0.1, -0.05) is 42.1 Å². The van der Waals surface area contributed by atoms with E-state index >= 15 is 0 Å². The number of carbonyl (C=O) groups is 3. The number of rotatable bonds is 7. The van der Waals surface area contributed by atoms with E-state index in [0.717, 1.165) is 17.3 Å². The Bertz CT molecular complexity index is 518. The Kier molecular flexibility index (Phi) is 7.66. The van der Waals surface area contributed by atoms with E-state index in [0.29, 0.717) is 12.2 Å². The Labute approximate surface area is 134 Å². The van der Waals surface area contributed by atoms with Crippen molar-refractivity contribution in [2.45, 2.75) is 26.3 Å². The first-order chi connectivity index (χ1) is 10.4. The Morgan fingerprint density at radius 2 is 1.86 bits per heavy atom. The standard InChI is InChI=1S/C16H21NO4S/c1-11(16(20)21-3)17-15(19)14(10-22-12(2)18)9-13-7-5-4-6-8-13/h4-8,11,14H,9-10H2,1-3H3,(H,17,19)/t11-,14-/m0/s1. The number of hydrogen-bond donors (Lipinski definition) is 1. The van der Waals surface area contributed by atoms with Gasteiger partial charge in [-0.25, -0.2) is 4.79 Å². The molecule has 1 N–H and O–H groups in total. The van der Waals surface area contributed by atoms with E-state index in [1.165, 1.54) is 14.0 Å². The summed E-state index contributed by atoms with van der Waals surface area (Å²) in [4.78, 5) is 34.9. The minimum absolute atomic E-state index is 0.0353. The zero-order valence-corrected chi connectivity index (χ0v) is 13.8. The van der Waals surface area contributed by atoms with Gasteiger partial charge in [-0.05, 0) is 18.9 Å². The second-order valence-corrected chi connectivity index (χ2v) is 6.14. The first-order valence-corrected chi connectivity index (χ1v) is 7.98. The van der Waals surface area contributed by atoms with E-state index in [2.05, 4.69) is 10.1 Å². The molecule has 0 aliphatic rings. The van der Waals surface area contributed by atoms with Gasteiger partial charge in [0.15, 0.2) is 5.12 Å². The fourth-order valence-electron chi connectivity index (χ4n) is 1.91. The van der Waals surface area contributed by atoms with Gasteiger partial charge in [-0.3, -0.25) is 9.59 Å². The number of esters is 1. The van der Waals surface area contributed by atoms with E-state index in [9.17, 15) is 14.4 Å². The van der Waals surface area contributed by atoms with Crippen molar-refractivity contribution in [2.75, 3.05) is 12.9 Å². The van der Waals surface area contributed by atoms with Crippen molar-refractivity contribution in [3.63, 3.8) is 0 Å². The highest BCUT2D eigenvalue weighted by Gasteiger charge is 2.24. The molecule has 0 radical (unpaired) electrons. The lowest BCUT2D eigenvalue weighted by atomic mass is 10.00. The largest absolute Gasteiger partial charge is 0.467 e. The third kappa shape index (κ3) is 6.30. The average Bonchev–Trinajstić information content (AvgIpc) is 2.51. The topological polar surface area (TPSA) is 72.5 Å². The molecule has 1 aromatic rings. The minimum atomic E-state index is -0.710. The van der Waals surface area contributed by atoms with Gasteiger partial charge in [0.2, 0.25) is 5.91 Å². The summed E-state index contributed by atoms with van der Waals surface area (Å²) in [7, 11) is 1.28. The van der Waals surface area contributed by atoms with E-state index < -0.39 is 12.0 Å². The molecule has 0 spiro atoms. The summed E-state index contributed by atoms with van der Waals surface area (Å²) in [6.45, 7) is 3.04. The molecule has 2 atom stereocenters. The molecule has 1 rings (SSSR count). The van der Waals surface area contributed by atoms with Crippen LogP contribution in [0.25, 0.3) is 0 Å². The number of thioether (sulfide) groups is 1. The molecule has 0 aliphatic carbocycles. The first kappa shape index (κ1) is 18.2. The third-order valence-corrected chi connectivity index (χ3v) is 4.07. The van der Waals surface area contributed by atoms with Crippen molar-refractivity contribution >= 4 is 28.8 Å². The van der Waals surface area contributed by atoms with Crippen LogP contribution in [0.3, 0.4) is 0 Å². The van der Waals surface area contributed by atoms with Gasteiger partial charge in [0.25, 0.3) is 0 Å². The van der Waals surface area contributed by atoms with Crippen LogP contribution in [0.5, 0.6) is 0 Å². The van der Waals surface area contributed by atoms with Crippen LogP contribution in [0, 0.1) is 5.92 Å². The normalized spacial score (nSPS) is 13.0. The minimum Gasteiger partial charge on any atom is -0.467 e.